The van der Waals surface area contributed by atoms with Crippen LogP contribution in [0.25, 0.3) is 22.3 Å². The van der Waals surface area contributed by atoms with E-state index >= 15 is 0 Å². The molecule has 5 nitrogen and oxygen atoms in total. The molecular formula is C25H25FN4O. The number of hydrogen-bond donors (Lipinski definition) is 2. The molecule has 1 fully saturated rings. The number of aromatic nitrogens is 1. The van der Waals surface area contributed by atoms with Crippen molar-refractivity contribution in [3.8, 4) is 22.3 Å². The molecule has 31 heavy (non-hydrogen) atoms. The van der Waals surface area contributed by atoms with Crippen molar-refractivity contribution in [3.05, 3.63) is 71.2 Å². The first-order valence-electron chi connectivity index (χ1n) is 10.7. The lowest BCUT2D eigenvalue weighted by atomic mass is 9.93. The molecule has 1 aromatic heterocycles. The van der Waals surface area contributed by atoms with Crippen LogP contribution in [0, 0.1) is 5.95 Å². The highest BCUT2D eigenvalue weighted by molar-refractivity contribution is 5.97. The van der Waals surface area contributed by atoms with E-state index in [1.165, 1.54) is 12.0 Å². The fraction of sp³-hybridized carbons (Fsp3) is 0.280. The molecule has 1 atom stereocenters. The summed E-state index contributed by atoms with van der Waals surface area (Å²) in [5, 5.41) is 2.85. The van der Waals surface area contributed by atoms with Gasteiger partial charge in [-0.3, -0.25) is 9.69 Å². The van der Waals surface area contributed by atoms with Crippen molar-refractivity contribution >= 4 is 11.7 Å². The van der Waals surface area contributed by atoms with Gasteiger partial charge in [0.25, 0.3) is 5.91 Å². The number of carbonyl (C=O) groups excluding carboxylic acids is 1. The van der Waals surface area contributed by atoms with E-state index in [-0.39, 0.29) is 11.7 Å². The molecule has 5 rings (SSSR count). The second-order valence-electron chi connectivity index (χ2n) is 8.40. The minimum absolute atomic E-state index is 0.0626. The molecule has 3 heterocycles. The summed E-state index contributed by atoms with van der Waals surface area (Å²) < 4.78 is 14.9. The van der Waals surface area contributed by atoms with Crippen LogP contribution in [0.2, 0.25) is 0 Å². The van der Waals surface area contributed by atoms with Gasteiger partial charge < -0.3 is 11.1 Å². The van der Waals surface area contributed by atoms with Crippen LogP contribution in [0.5, 0.6) is 0 Å². The first kappa shape index (κ1) is 19.7. The zero-order chi connectivity index (χ0) is 21.5. The minimum atomic E-state index is -0.574. The third-order valence-electron chi connectivity index (χ3n) is 6.45. The number of amides is 1. The Bertz CT molecular complexity index is 1180. The van der Waals surface area contributed by atoms with Crippen molar-refractivity contribution in [2.24, 2.45) is 0 Å². The number of fused-ring (bicyclic) bond motifs is 1. The van der Waals surface area contributed by atoms with Crippen LogP contribution >= 0.6 is 0 Å². The van der Waals surface area contributed by atoms with Gasteiger partial charge in [0.1, 0.15) is 5.82 Å². The number of carbonyl (C=O) groups is 1. The van der Waals surface area contributed by atoms with E-state index in [0.717, 1.165) is 36.1 Å². The van der Waals surface area contributed by atoms with Gasteiger partial charge in [-0.25, -0.2) is 4.98 Å². The number of nitrogens with zero attached hydrogens (tertiary/aromatic N) is 2. The molecule has 2 aliphatic rings. The highest BCUT2D eigenvalue weighted by Gasteiger charge is 2.23. The van der Waals surface area contributed by atoms with Crippen LogP contribution in [0.4, 0.5) is 10.2 Å². The number of nitrogens with one attached hydrogen (secondary N) is 1. The number of nitrogens with two attached hydrogens (primary N) is 1. The topological polar surface area (TPSA) is 71.2 Å². The van der Waals surface area contributed by atoms with E-state index in [4.69, 9.17) is 5.73 Å². The Kier molecular flexibility index (Phi) is 4.94. The summed E-state index contributed by atoms with van der Waals surface area (Å²) in [7, 11) is 2.13. The molecule has 1 unspecified atom stereocenters. The van der Waals surface area contributed by atoms with E-state index in [2.05, 4.69) is 34.4 Å². The average Bonchev–Trinajstić information content (AvgIpc) is 3.20. The van der Waals surface area contributed by atoms with Crippen LogP contribution in [0.1, 0.15) is 40.4 Å². The molecule has 1 saturated heterocycles. The lowest BCUT2D eigenvalue weighted by Gasteiger charge is -2.20. The molecule has 0 radical (unpaired) electrons. The number of halogens is 1. The van der Waals surface area contributed by atoms with E-state index in [1.54, 1.807) is 12.1 Å². The Morgan fingerprint density at radius 2 is 1.94 bits per heavy atom. The maximum Gasteiger partial charge on any atom is 0.251 e. The number of rotatable bonds is 3. The Hall–Kier alpha value is -3.25. The van der Waals surface area contributed by atoms with E-state index in [1.807, 2.05) is 24.3 Å². The van der Waals surface area contributed by atoms with Crippen molar-refractivity contribution in [1.82, 2.24) is 15.2 Å². The highest BCUT2D eigenvalue weighted by atomic mass is 19.1. The molecule has 6 heteroatoms. The van der Waals surface area contributed by atoms with Crippen LogP contribution in [-0.2, 0) is 6.42 Å². The van der Waals surface area contributed by atoms with Crippen LogP contribution in [0.3, 0.4) is 0 Å². The summed E-state index contributed by atoms with van der Waals surface area (Å²) in [5.41, 5.74) is 11.7. The lowest BCUT2D eigenvalue weighted by molar-refractivity contribution is 0.0946. The smallest absolute Gasteiger partial charge is 0.251 e. The quantitative estimate of drug-likeness (QED) is 0.628. The first-order chi connectivity index (χ1) is 15.0. The molecule has 158 valence electrons. The van der Waals surface area contributed by atoms with Crippen molar-refractivity contribution < 1.29 is 9.18 Å². The summed E-state index contributed by atoms with van der Waals surface area (Å²) in [4.78, 5) is 18.4. The van der Waals surface area contributed by atoms with Gasteiger partial charge in [-0.2, -0.15) is 4.39 Å². The number of anilines is 1. The molecule has 0 aliphatic carbocycles. The summed E-state index contributed by atoms with van der Waals surface area (Å²) in [6.07, 6.45) is 3.04. The average molecular weight is 417 g/mol. The third kappa shape index (κ3) is 3.57. The number of benzene rings is 2. The molecule has 2 aliphatic heterocycles. The Morgan fingerprint density at radius 3 is 2.74 bits per heavy atom. The Balaban J connectivity index is 1.57. The predicted octanol–water partition coefficient (Wildman–Crippen LogP) is 4.19. The van der Waals surface area contributed by atoms with Crippen molar-refractivity contribution in [3.63, 3.8) is 0 Å². The zero-order valence-electron chi connectivity index (χ0n) is 17.5. The SMILES string of the molecule is CN1CCCC1c1cccc(-c2cc(-c3ccc4c(c3)CCNC4=O)c(N)nc2F)c1. The van der Waals surface area contributed by atoms with E-state index < -0.39 is 5.95 Å². The molecule has 2 aromatic carbocycles. The number of likely N-dealkylation sites (tertiary alicyclic amines) is 1. The molecule has 1 amide bonds. The monoisotopic (exact) mass is 416 g/mol. The van der Waals surface area contributed by atoms with Gasteiger partial charge in [0.2, 0.25) is 5.95 Å². The number of nitrogen functional groups attached to an aromatic ring is 1. The van der Waals surface area contributed by atoms with E-state index in [0.29, 0.717) is 29.3 Å². The second-order valence-corrected chi connectivity index (χ2v) is 8.40. The maximum atomic E-state index is 14.9. The zero-order valence-corrected chi connectivity index (χ0v) is 17.5. The third-order valence-corrected chi connectivity index (χ3v) is 6.45. The van der Waals surface area contributed by atoms with Crippen LogP contribution in [0.15, 0.2) is 48.5 Å². The largest absolute Gasteiger partial charge is 0.383 e. The van der Waals surface area contributed by atoms with Gasteiger partial charge in [-0.1, -0.05) is 30.3 Å². The van der Waals surface area contributed by atoms with Gasteiger partial charge >= 0.3 is 0 Å². The predicted molar refractivity (Wildman–Crippen MR) is 120 cm³/mol. The molecular weight excluding hydrogens is 391 g/mol. The molecule has 3 N–H and O–H groups in total. The second kappa shape index (κ2) is 7.78. The minimum Gasteiger partial charge on any atom is -0.383 e. The highest BCUT2D eigenvalue weighted by Crippen LogP contribution is 2.36. The standard InChI is InChI=1S/C25H25FN4O/c1-30-11-3-6-22(30)18-5-2-4-15(13-18)20-14-21(24(27)29-23(20)26)16-7-8-19-17(12-16)9-10-28-25(19)31/h2,4-5,7-8,12-14,22H,3,6,9-11H2,1H3,(H2,27,29)(H,28,31). The Labute approximate surface area is 181 Å². The molecule has 0 spiro atoms. The van der Waals surface area contributed by atoms with Crippen LogP contribution < -0.4 is 11.1 Å². The lowest BCUT2D eigenvalue weighted by Crippen LogP contribution is -2.31. The van der Waals surface area contributed by atoms with Gasteiger partial charge in [0.15, 0.2) is 0 Å². The number of pyridine rings is 1. The van der Waals surface area contributed by atoms with Gasteiger partial charge in [0, 0.05) is 29.3 Å². The molecule has 0 saturated carbocycles. The summed E-state index contributed by atoms with van der Waals surface area (Å²) >= 11 is 0. The first-order valence-corrected chi connectivity index (χ1v) is 10.7. The normalized spacial score (nSPS) is 18.6. The van der Waals surface area contributed by atoms with Gasteiger partial charge in [-0.05, 0) is 73.3 Å². The fourth-order valence-electron chi connectivity index (χ4n) is 4.78. The summed E-state index contributed by atoms with van der Waals surface area (Å²) in [6.45, 7) is 1.69. The van der Waals surface area contributed by atoms with Gasteiger partial charge in [-0.15, -0.1) is 0 Å². The fourth-order valence-corrected chi connectivity index (χ4v) is 4.78. The summed E-state index contributed by atoms with van der Waals surface area (Å²) in [6, 6.07) is 15.8. The van der Waals surface area contributed by atoms with Crippen molar-refractivity contribution in [2.45, 2.75) is 25.3 Å². The van der Waals surface area contributed by atoms with E-state index in [9.17, 15) is 9.18 Å². The van der Waals surface area contributed by atoms with Crippen molar-refractivity contribution in [1.29, 1.82) is 0 Å². The van der Waals surface area contributed by atoms with Crippen LogP contribution in [-0.4, -0.2) is 35.9 Å². The molecule has 0 bridgehead atoms. The summed E-state index contributed by atoms with van der Waals surface area (Å²) in [5.74, 6) is -0.490. The molecule has 3 aromatic rings. The van der Waals surface area contributed by atoms with Crippen molar-refractivity contribution in [2.75, 3.05) is 25.9 Å². The Morgan fingerprint density at radius 1 is 1.10 bits per heavy atom. The maximum absolute atomic E-state index is 14.9. The number of hydrogen-bond acceptors (Lipinski definition) is 4. The van der Waals surface area contributed by atoms with Gasteiger partial charge in [0.05, 0.1) is 0 Å².